The molecule has 6 fully saturated rings. The Morgan fingerprint density at radius 1 is 0.607 bits per heavy atom. The first-order valence-corrected chi connectivity index (χ1v) is 11.8. The summed E-state index contributed by atoms with van der Waals surface area (Å²) in [5, 5.41) is 0.229. The minimum atomic E-state index is -0.0603. The highest BCUT2D eigenvalue weighted by Crippen LogP contribution is 2.80. The van der Waals surface area contributed by atoms with Crippen LogP contribution in [0.15, 0.2) is 0 Å². The molecule has 0 heterocycles. The predicted molar refractivity (Wildman–Crippen MR) is 104 cm³/mol. The van der Waals surface area contributed by atoms with Crippen LogP contribution in [0.2, 0.25) is 0 Å². The minimum absolute atomic E-state index is 0.0494. The number of hydrogen-bond donors (Lipinski definition) is 0. The molecule has 6 saturated carbocycles. The van der Waals surface area contributed by atoms with E-state index < -0.39 is 0 Å². The molecule has 0 spiro atoms. The van der Waals surface area contributed by atoms with E-state index in [-0.39, 0.29) is 46.4 Å². The van der Waals surface area contributed by atoms with Gasteiger partial charge in [0, 0.05) is 10.8 Å². The number of hydrogen-bond acceptors (Lipinski definition) is 4. The predicted octanol–water partition coefficient (Wildman–Crippen LogP) is 3.58. The number of alkyl halides is 2. The second kappa shape index (κ2) is 6.03. The summed E-state index contributed by atoms with van der Waals surface area (Å²) >= 11 is 13.7. The van der Waals surface area contributed by atoms with E-state index in [1.807, 2.05) is 0 Å². The SMILES string of the molecule is COC(=O)[C@H]1[C@H]2[C@@H]3[C@H]4[C@H]([C@H](C(=O)OC)[C@@H]3[C@@H]3CC[C@@H](Cl)[C@@H]32)[C@@H]2[C@@H](CC[C@H]2Cl)[C@H]14. The van der Waals surface area contributed by atoms with Gasteiger partial charge in [-0.2, -0.15) is 0 Å². The number of esters is 2. The van der Waals surface area contributed by atoms with Gasteiger partial charge >= 0.3 is 11.9 Å². The van der Waals surface area contributed by atoms with Crippen LogP contribution in [0.4, 0.5) is 0 Å². The molecule has 6 heteroatoms. The van der Waals surface area contributed by atoms with E-state index in [0.717, 1.165) is 25.7 Å². The van der Waals surface area contributed by atoms with Crippen LogP contribution in [0.5, 0.6) is 0 Å². The zero-order valence-corrected chi connectivity index (χ0v) is 17.8. The van der Waals surface area contributed by atoms with Crippen LogP contribution in [0.3, 0.4) is 0 Å². The summed E-state index contributed by atoms with van der Waals surface area (Å²) in [5.41, 5.74) is 0. The van der Waals surface area contributed by atoms with Crippen LogP contribution in [0, 0.1) is 71.0 Å². The van der Waals surface area contributed by atoms with Gasteiger partial charge in [-0.05, 0) is 84.9 Å². The van der Waals surface area contributed by atoms with Gasteiger partial charge in [-0.15, -0.1) is 23.2 Å². The van der Waals surface area contributed by atoms with E-state index in [0.29, 0.717) is 47.3 Å². The molecule has 6 rings (SSSR count). The Morgan fingerprint density at radius 3 is 1.36 bits per heavy atom. The van der Waals surface area contributed by atoms with Gasteiger partial charge in [0.15, 0.2) is 0 Å². The number of rotatable bonds is 2. The van der Waals surface area contributed by atoms with Crippen LogP contribution < -0.4 is 0 Å². The molecule has 4 nitrogen and oxygen atoms in total. The maximum absolute atomic E-state index is 13.1. The molecule has 0 aliphatic heterocycles. The molecular weight excluding hydrogens is 399 g/mol. The normalized spacial score (nSPS) is 59.9. The summed E-state index contributed by atoms with van der Waals surface area (Å²) in [6.45, 7) is 0. The molecule has 0 amide bonds. The third kappa shape index (κ3) is 1.91. The molecule has 154 valence electrons. The van der Waals surface area contributed by atoms with Gasteiger partial charge in [0.1, 0.15) is 0 Å². The zero-order valence-electron chi connectivity index (χ0n) is 16.3. The van der Waals surface area contributed by atoms with Crippen LogP contribution in [-0.2, 0) is 19.1 Å². The van der Waals surface area contributed by atoms with Crippen LogP contribution in [0.25, 0.3) is 0 Å². The molecule has 0 saturated heterocycles. The maximum Gasteiger partial charge on any atom is 0.309 e. The Balaban J connectivity index is 1.53. The van der Waals surface area contributed by atoms with E-state index in [9.17, 15) is 9.59 Å². The van der Waals surface area contributed by atoms with Crippen molar-refractivity contribution in [2.45, 2.75) is 36.4 Å². The molecule has 0 aromatic carbocycles. The Morgan fingerprint density at radius 2 is 1.00 bits per heavy atom. The molecule has 14 atom stereocenters. The van der Waals surface area contributed by atoms with Gasteiger partial charge in [0.05, 0.1) is 26.1 Å². The largest absolute Gasteiger partial charge is 0.469 e. The van der Waals surface area contributed by atoms with Gasteiger partial charge in [-0.3, -0.25) is 9.59 Å². The summed E-state index contributed by atoms with van der Waals surface area (Å²) in [7, 11) is 3.04. The second-order valence-electron chi connectivity index (χ2n) is 10.2. The van der Waals surface area contributed by atoms with E-state index >= 15 is 0 Å². The molecular formula is C22H28Cl2O4. The molecule has 0 bridgehead atoms. The van der Waals surface area contributed by atoms with Crippen molar-refractivity contribution in [3.63, 3.8) is 0 Å². The highest BCUT2D eigenvalue weighted by Gasteiger charge is 2.79. The monoisotopic (exact) mass is 426 g/mol. The first kappa shape index (κ1) is 18.3. The van der Waals surface area contributed by atoms with Crippen molar-refractivity contribution in [3.05, 3.63) is 0 Å². The molecule has 6 aliphatic carbocycles. The van der Waals surface area contributed by atoms with Gasteiger partial charge < -0.3 is 9.47 Å². The molecule has 0 unspecified atom stereocenters. The van der Waals surface area contributed by atoms with Gasteiger partial charge in [0.2, 0.25) is 0 Å². The highest BCUT2D eigenvalue weighted by atomic mass is 35.5. The molecule has 28 heavy (non-hydrogen) atoms. The third-order valence-electron chi connectivity index (χ3n) is 10.1. The lowest BCUT2D eigenvalue weighted by Crippen LogP contribution is -2.37. The standard InChI is InChI=1S/C22H28Cl2O4/c1-27-21(25)19-13-7-3-5-10(24)12(7)16-17(13)18-14(20(16)22(26)28-2)8-4-6-9(23)11(8)15(18)19/h7-20H,3-6H2,1-2H3/t7-,8-,9-,10-,11-,12-,13-,14+,15-,16-,17-,18-,19-,20-/m1/s1. The van der Waals surface area contributed by atoms with Gasteiger partial charge in [-0.25, -0.2) is 0 Å². The minimum Gasteiger partial charge on any atom is -0.469 e. The third-order valence-corrected chi connectivity index (χ3v) is 11.1. The summed E-state index contributed by atoms with van der Waals surface area (Å²) in [6.07, 6.45) is 4.12. The zero-order chi connectivity index (χ0) is 19.5. The molecule has 6 aliphatic rings. The topological polar surface area (TPSA) is 52.6 Å². The van der Waals surface area contributed by atoms with E-state index in [4.69, 9.17) is 32.7 Å². The van der Waals surface area contributed by atoms with Crippen molar-refractivity contribution in [2.24, 2.45) is 71.0 Å². The van der Waals surface area contributed by atoms with Crippen LogP contribution >= 0.6 is 23.2 Å². The quantitative estimate of drug-likeness (QED) is 0.500. The van der Waals surface area contributed by atoms with E-state index in [1.54, 1.807) is 0 Å². The second-order valence-corrected chi connectivity index (χ2v) is 11.4. The van der Waals surface area contributed by atoms with Crippen LogP contribution in [-0.4, -0.2) is 36.9 Å². The molecule has 0 aromatic heterocycles. The Hall–Kier alpha value is -0.480. The van der Waals surface area contributed by atoms with Gasteiger partial charge in [0.25, 0.3) is 0 Å². The van der Waals surface area contributed by atoms with E-state index in [1.165, 1.54) is 14.2 Å². The fourth-order valence-corrected chi connectivity index (χ4v) is 10.9. The number of carbonyl (C=O) groups is 2. The number of carbonyl (C=O) groups excluding carboxylic acids is 2. The lowest BCUT2D eigenvalue weighted by Gasteiger charge is -2.33. The number of methoxy groups -OCH3 is 2. The maximum atomic E-state index is 13.1. The first-order chi connectivity index (χ1) is 13.5. The highest BCUT2D eigenvalue weighted by molar-refractivity contribution is 6.21. The van der Waals surface area contributed by atoms with Gasteiger partial charge in [-0.1, -0.05) is 0 Å². The van der Waals surface area contributed by atoms with Crippen molar-refractivity contribution in [2.75, 3.05) is 14.2 Å². The average Bonchev–Trinajstić information content (AvgIpc) is 3.45. The van der Waals surface area contributed by atoms with Crippen molar-refractivity contribution >= 4 is 35.1 Å². The Kier molecular flexibility index (Phi) is 3.94. The molecule has 0 N–H and O–H groups in total. The molecule has 0 radical (unpaired) electrons. The lowest BCUT2D eigenvalue weighted by atomic mass is 9.72. The summed E-state index contributed by atoms with van der Waals surface area (Å²) in [5.74, 6) is 3.32. The van der Waals surface area contributed by atoms with Crippen molar-refractivity contribution in [3.8, 4) is 0 Å². The first-order valence-electron chi connectivity index (χ1n) is 10.9. The average molecular weight is 427 g/mol. The molecule has 0 aromatic rings. The van der Waals surface area contributed by atoms with Crippen molar-refractivity contribution in [1.29, 1.82) is 0 Å². The lowest BCUT2D eigenvalue weighted by molar-refractivity contribution is -0.150. The summed E-state index contributed by atoms with van der Waals surface area (Å²) in [4.78, 5) is 26.1. The smallest absolute Gasteiger partial charge is 0.309 e. The van der Waals surface area contributed by atoms with Crippen LogP contribution in [0.1, 0.15) is 25.7 Å². The Labute approximate surface area is 176 Å². The van der Waals surface area contributed by atoms with Crippen molar-refractivity contribution < 1.29 is 19.1 Å². The summed E-state index contributed by atoms with van der Waals surface area (Å²) in [6, 6.07) is 0. The fraction of sp³-hybridized carbons (Fsp3) is 0.909. The number of fused-ring (bicyclic) bond motifs is 6. The summed E-state index contributed by atoms with van der Waals surface area (Å²) < 4.78 is 10.7. The number of halogens is 2. The van der Waals surface area contributed by atoms with E-state index in [2.05, 4.69) is 0 Å². The number of ether oxygens (including phenoxy) is 2. The fourth-order valence-electron chi connectivity index (χ4n) is 9.97. The Bertz CT molecular complexity index is 667. The van der Waals surface area contributed by atoms with Crippen molar-refractivity contribution in [1.82, 2.24) is 0 Å².